The number of rotatable bonds is 8. The lowest BCUT2D eigenvalue weighted by atomic mass is 10.2. The fourth-order valence-corrected chi connectivity index (χ4v) is 5.10. The summed E-state index contributed by atoms with van der Waals surface area (Å²) in [5, 5.41) is 15.2. The number of nitrogens with one attached hydrogen (secondary N) is 1. The summed E-state index contributed by atoms with van der Waals surface area (Å²) >= 11 is 2.98. The minimum atomic E-state index is -0.198. The topological polar surface area (TPSA) is 98.5 Å². The molecule has 174 valence electrons. The van der Waals surface area contributed by atoms with Gasteiger partial charge in [-0.1, -0.05) is 29.5 Å². The largest absolute Gasteiger partial charge is 0.347 e. The van der Waals surface area contributed by atoms with Gasteiger partial charge >= 0.3 is 0 Å². The molecular weight excluding hydrogens is 478 g/mol. The molecule has 1 aromatic carbocycles. The molecule has 35 heavy (non-hydrogen) atoms. The maximum absolute atomic E-state index is 12.5. The fraction of sp³-hybridized carbons (Fsp3) is 0.120. The van der Waals surface area contributed by atoms with E-state index in [-0.39, 0.29) is 5.91 Å². The van der Waals surface area contributed by atoms with Crippen molar-refractivity contribution in [3.63, 3.8) is 0 Å². The Labute approximate surface area is 210 Å². The molecule has 0 aliphatic carbocycles. The highest BCUT2D eigenvalue weighted by Gasteiger charge is 2.18. The van der Waals surface area contributed by atoms with Crippen LogP contribution in [0.4, 0.5) is 0 Å². The average molecular weight is 500 g/mol. The molecule has 0 atom stereocenters. The van der Waals surface area contributed by atoms with Gasteiger partial charge < -0.3 is 5.32 Å². The number of pyridine rings is 2. The summed E-state index contributed by atoms with van der Waals surface area (Å²) in [5.41, 5.74) is 4.43. The van der Waals surface area contributed by atoms with Crippen LogP contribution in [0.3, 0.4) is 0 Å². The minimum Gasteiger partial charge on any atom is -0.347 e. The van der Waals surface area contributed by atoms with E-state index in [1.807, 2.05) is 28.8 Å². The van der Waals surface area contributed by atoms with Gasteiger partial charge in [0.1, 0.15) is 10.7 Å². The molecule has 1 amide bonds. The standard InChI is InChI=1S/C25H21N7OS2/c1-17-4-6-20(7-5-17)32-23(19-3-2-10-27-14-19)30-31-25(32)35-16-22-29-21(15-34-22)24(33)28-13-18-8-11-26-12-9-18/h2-12,14-15H,13,16H2,1H3,(H,28,33). The van der Waals surface area contributed by atoms with E-state index in [1.54, 1.807) is 30.2 Å². The Bertz CT molecular complexity index is 1420. The van der Waals surface area contributed by atoms with Gasteiger partial charge in [0, 0.05) is 48.0 Å². The molecule has 0 bridgehead atoms. The molecule has 0 fully saturated rings. The van der Waals surface area contributed by atoms with Gasteiger partial charge in [0.2, 0.25) is 0 Å². The van der Waals surface area contributed by atoms with Crippen LogP contribution in [0.15, 0.2) is 83.9 Å². The lowest BCUT2D eigenvalue weighted by molar-refractivity contribution is 0.0946. The van der Waals surface area contributed by atoms with Crippen LogP contribution in [0.1, 0.15) is 26.6 Å². The number of hydrogen-bond acceptors (Lipinski definition) is 8. The first-order valence-corrected chi connectivity index (χ1v) is 12.7. The molecule has 0 unspecified atom stereocenters. The predicted octanol–water partition coefficient (Wildman–Crippen LogP) is 4.71. The Kier molecular flexibility index (Phi) is 6.92. The van der Waals surface area contributed by atoms with E-state index in [0.717, 1.165) is 32.8 Å². The molecule has 4 heterocycles. The maximum Gasteiger partial charge on any atom is 0.271 e. The van der Waals surface area contributed by atoms with Crippen molar-refractivity contribution < 1.29 is 4.79 Å². The van der Waals surface area contributed by atoms with Crippen molar-refractivity contribution in [3.8, 4) is 17.1 Å². The normalized spacial score (nSPS) is 10.9. The number of carbonyl (C=O) groups excluding carboxylic acids is 1. The van der Waals surface area contributed by atoms with Gasteiger partial charge in [-0.2, -0.15) is 0 Å². The van der Waals surface area contributed by atoms with E-state index in [1.165, 1.54) is 28.7 Å². The van der Waals surface area contributed by atoms with Crippen LogP contribution in [-0.4, -0.2) is 35.6 Å². The summed E-state index contributed by atoms with van der Waals surface area (Å²) in [5.74, 6) is 1.09. The van der Waals surface area contributed by atoms with Crippen molar-refractivity contribution in [3.05, 3.63) is 101 Å². The zero-order chi connectivity index (χ0) is 24.0. The smallest absolute Gasteiger partial charge is 0.271 e. The highest BCUT2D eigenvalue weighted by atomic mass is 32.2. The Balaban J connectivity index is 1.32. The quantitative estimate of drug-likeness (QED) is 0.309. The van der Waals surface area contributed by atoms with E-state index in [0.29, 0.717) is 18.0 Å². The first kappa shape index (κ1) is 22.9. The molecule has 5 rings (SSSR count). The Morgan fingerprint density at radius 1 is 1.03 bits per heavy atom. The van der Waals surface area contributed by atoms with E-state index >= 15 is 0 Å². The summed E-state index contributed by atoms with van der Waals surface area (Å²) in [7, 11) is 0. The van der Waals surface area contributed by atoms with Crippen molar-refractivity contribution >= 4 is 29.0 Å². The number of thioether (sulfide) groups is 1. The molecule has 0 aliphatic heterocycles. The number of aromatic nitrogens is 6. The lowest BCUT2D eigenvalue weighted by Gasteiger charge is -2.10. The molecule has 5 aromatic rings. The number of aryl methyl sites for hydroxylation is 1. The molecule has 0 aliphatic rings. The molecule has 10 heteroatoms. The second-order valence-electron chi connectivity index (χ2n) is 7.67. The molecule has 0 saturated heterocycles. The molecule has 4 aromatic heterocycles. The third-order valence-corrected chi connectivity index (χ3v) is 7.13. The fourth-order valence-electron chi connectivity index (χ4n) is 3.35. The van der Waals surface area contributed by atoms with Gasteiger partial charge in [-0.25, -0.2) is 4.98 Å². The number of nitrogens with zero attached hydrogens (tertiary/aromatic N) is 6. The zero-order valence-corrected chi connectivity index (χ0v) is 20.5. The van der Waals surface area contributed by atoms with E-state index in [4.69, 9.17) is 0 Å². The molecule has 1 N–H and O–H groups in total. The van der Waals surface area contributed by atoms with Crippen molar-refractivity contribution in [1.29, 1.82) is 0 Å². The first-order valence-electron chi connectivity index (χ1n) is 10.8. The molecule has 0 radical (unpaired) electrons. The molecule has 0 spiro atoms. The highest BCUT2D eigenvalue weighted by molar-refractivity contribution is 7.98. The zero-order valence-electron chi connectivity index (χ0n) is 18.8. The van der Waals surface area contributed by atoms with Crippen molar-refractivity contribution in [2.75, 3.05) is 0 Å². The van der Waals surface area contributed by atoms with Crippen LogP contribution in [0.2, 0.25) is 0 Å². The number of amides is 1. The monoisotopic (exact) mass is 499 g/mol. The van der Waals surface area contributed by atoms with Gasteiger partial charge in [0.15, 0.2) is 11.0 Å². The maximum atomic E-state index is 12.5. The summed E-state index contributed by atoms with van der Waals surface area (Å²) in [6.07, 6.45) is 6.92. The van der Waals surface area contributed by atoms with E-state index in [2.05, 4.69) is 61.7 Å². The second-order valence-corrected chi connectivity index (χ2v) is 9.56. The number of thiazole rings is 1. The summed E-state index contributed by atoms with van der Waals surface area (Å²) < 4.78 is 2.02. The van der Waals surface area contributed by atoms with Crippen LogP contribution >= 0.6 is 23.1 Å². The van der Waals surface area contributed by atoms with Crippen LogP contribution < -0.4 is 5.32 Å². The lowest BCUT2D eigenvalue weighted by Crippen LogP contribution is -2.23. The van der Waals surface area contributed by atoms with Gasteiger partial charge in [-0.3, -0.25) is 19.3 Å². The number of benzene rings is 1. The van der Waals surface area contributed by atoms with Crippen molar-refractivity contribution in [2.24, 2.45) is 0 Å². The molecular formula is C25H21N7OS2. The van der Waals surface area contributed by atoms with E-state index in [9.17, 15) is 4.79 Å². The summed E-state index contributed by atoms with van der Waals surface area (Å²) in [6.45, 7) is 2.49. The first-order chi connectivity index (χ1) is 17.2. The SMILES string of the molecule is Cc1ccc(-n2c(SCc3nc(C(=O)NCc4ccncc4)cs3)nnc2-c2cccnc2)cc1. The molecule has 0 saturated carbocycles. The van der Waals surface area contributed by atoms with E-state index < -0.39 is 0 Å². The number of carbonyl (C=O) groups is 1. The molecule has 8 nitrogen and oxygen atoms in total. The van der Waals surface area contributed by atoms with Crippen LogP contribution in [0, 0.1) is 6.92 Å². The van der Waals surface area contributed by atoms with Gasteiger partial charge in [0.25, 0.3) is 5.91 Å². The summed E-state index contributed by atoms with van der Waals surface area (Å²) in [4.78, 5) is 25.2. The Hall–Kier alpha value is -3.89. The van der Waals surface area contributed by atoms with Crippen molar-refractivity contribution in [1.82, 2.24) is 35.0 Å². The predicted molar refractivity (Wildman–Crippen MR) is 136 cm³/mol. The minimum absolute atomic E-state index is 0.198. The Morgan fingerprint density at radius 3 is 2.63 bits per heavy atom. The average Bonchev–Trinajstić information content (AvgIpc) is 3.55. The summed E-state index contributed by atoms with van der Waals surface area (Å²) in [6, 6.07) is 15.8. The van der Waals surface area contributed by atoms with Gasteiger partial charge in [-0.15, -0.1) is 21.5 Å². The van der Waals surface area contributed by atoms with Gasteiger partial charge in [0.05, 0.1) is 5.75 Å². The van der Waals surface area contributed by atoms with Crippen LogP contribution in [0.25, 0.3) is 17.1 Å². The number of hydrogen-bond donors (Lipinski definition) is 1. The Morgan fingerprint density at radius 2 is 1.86 bits per heavy atom. The van der Waals surface area contributed by atoms with Crippen molar-refractivity contribution in [2.45, 2.75) is 24.4 Å². The third kappa shape index (κ3) is 5.44. The van der Waals surface area contributed by atoms with Crippen LogP contribution in [0.5, 0.6) is 0 Å². The van der Waals surface area contributed by atoms with Crippen LogP contribution in [-0.2, 0) is 12.3 Å². The van der Waals surface area contributed by atoms with Gasteiger partial charge in [-0.05, 0) is 48.9 Å². The second kappa shape index (κ2) is 10.6. The highest BCUT2D eigenvalue weighted by Crippen LogP contribution is 2.30. The third-order valence-electron chi connectivity index (χ3n) is 5.16.